The Morgan fingerprint density at radius 1 is 1.29 bits per heavy atom. The predicted molar refractivity (Wildman–Crippen MR) is 68.4 cm³/mol. The van der Waals surface area contributed by atoms with E-state index in [9.17, 15) is 0 Å². The predicted octanol–water partition coefficient (Wildman–Crippen LogP) is 2.15. The van der Waals surface area contributed by atoms with Crippen LogP contribution in [0, 0.1) is 11.3 Å². The fourth-order valence-electron chi connectivity index (χ4n) is 1.80. The van der Waals surface area contributed by atoms with Gasteiger partial charge in [0.25, 0.3) is 0 Å². The van der Waals surface area contributed by atoms with Crippen molar-refractivity contribution in [2.24, 2.45) is 0 Å². The van der Waals surface area contributed by atoms with Crippen LogP contribution in [0.25, 0.3) is 0 Å². The molecule has 0 unspecified atom stereocenters. The number of unbranched alkanes of at least 4 members (excludes halogenated alkanes) is 2. The summed E-state index contributed by atoms with van der Waals surface area (Å²) in [6.45, 7) is 2.18. The standard InChI is InChI=1S/C14H20N2O/c1-16(8-3-2-4-9-17)12-14-7-5-6-13(10-14)11-15/h5-7,10,17H,2-4,8-9,12H2,1H3. The van der Waals surface area contributed by atoms with E-state index in [0.29, 0.717) is 0 Å². The minimum atomic E-state index is 0.286. The topological polar surface area (TPSA) is 47.3 Å². The first kappa shape index (κ1) is 13.7. The zero-order valence-corrected chi connectivity index (χ0v) is 10.4. The Bertz CT molecular complexity index is 371. The molecule has 0 aromatic heterocycles. The molecule has 0 aliphatic carbocycles. The Hall–Kier alpha value is -1.37. The first-order valence-corrected chi connectivity index (χ1v) is 6.04. The van der Waals surface area contributed by atoms with Crippen LogP contribution < -0.4 is 0 Å². The van der Waals surface area contributed by atoms with Crippen molar-refractivity contribution >= 4 is 0 Å². The monoisotopic (exact) mass is 232 g/mol. The maximum atomic E-state index is 8.81. The fourth-order valence-corrected chi connectivity index (χ4v) is 1.80. The highest BCUT2D eigenvalue weighted by Gasteiger charge is 2.01. The second-order valence-electron chi connectivity index (χ2n) is 4.33. The van der Waals surface area contributed by atoms with Gasteiger partial charge in [0.1, 0.15) is 0 Å². The molecule has 3 heteroatoms. The highest BCUT2D eigenvalue weighted by atomic mass is 16.2. The van der Waals surface area contributed by atoms with Gasteiger partial charge in [0.05, 0.1) is 11.6 Å². The third-order valence-corrected chi connectivity index (χ3v) is 2.71. The fraction of sp³-hybridized carbons (Fsp3) is 0.500. The summed E-state index contributed by atoms with van der Waals surface area (Å²) in [6, 6.07) is 9.88. The first-order valence-electron chi connectivity index (χ1n) is 6.04. The van der Waals surface area contributed by atoms with Crippen molar-refractivity contribution in [3.05, 3.63) is 35.4 Å². The molecule has 1 aromatic carbocycles. The lowest BCUT2D eigenvalue weighted by atomic mass is 10.1. The molecule has 0 atom stereocenters. The van der Waals surface area contributed by atoms with Crippen LogP contribution in [0.3, 0.4) is 0 Å². The molecule has 1 N–H and O–H groups in total. The van der Waals surface area contributed by atoms with Crippen molar-refractivity contribution in [3.63, 3.8) is 0 Å². The van der Waals surface area contributed by atoms with E-state index in [1.54, 1.807) is 0 Å². The van der Waals surface area contributed by atoms with Crippen LogP contribution in [-0.4, -0.2) is 30.2 Å². The van der Waals surface area contributed by atoms with Crippen LogP contribution in [0.15, 0.2) is 24.3 Å². The summed E-state index contributed by atoms with van der Waals surface area (Å²) in [7, 11) is 2.08. The second kappa shape index (κ2) is 7.83. The van der Waals surface area contributed by atoms with E-state index in [0.717, 1.165) is 37.9 Å². The molecule has 0 fully saturated rings. The maximum absolute atomic E-state index is 8.81. The number of nitrogens with zero attached hydrogens (tertiary/aromatic N) is 2. The molecular weight excluding hydrogens is 212 g/mol. The molecule has 92 valence electrons. The molecule has 1 rings (SSSR count). The molecule has 0 aliphatic heterocycles. The average Bonchev–Trinajstić information content (AvgIpc) is 2.35. The lowest BCUT2D eigenvalue weighted by molar-refractivity contribution is 0.271. The summed E-state index contributed by atoms with van der Waals surface area (Å²) < 4.78 is 0. The third-order valence-electron chi connectivity index (χ3n) is 2.71. The van der Waals surface area contributed by atoms with Gasteiger partial charge >= 0.3 is 0 Å². The van der Waals surface area contributed by atoms with E-state index in [2.05, 4.69) is 18.0 Å². The van der Waals surface area contributed by atoms with E-state index in [4.69, 9.17) is 10.4 Å². The van der Waals surface area contributed by atoms with E-state index < -0.39 is 0 Å². The van der Waals surface area contributed by atoms with Crippen molar-refractivity contribution in [1.29, 1.82) is 5.26 Å². The molecule has 0 heterocycles. The van der Waals surface area contributed by atoms with Crippen molar-refractivity contribution in [1.82, 2.24) is 4.90 Å². The van der Waals surface area contributed by atoms with Gasteiger partial charge in [-0.25, -0.2) is 0 Å². The Balaban J connectivity index is 2.34. The molecule has 0 amide bonds. The van der Waals surface area contributed by atoms with Crippen LogP contribution >= 0.6 is 0 Å². The number of rotatable bonds is 7. The summed E-state index contributed by atoms with van der Waals surface area (Å²) in [5.41, 5.74) is 1.89. The average molecular weight is 232 g/mol. The van der Waals surface area contributed by atoms with Gasteiger partial charge in [-0.1, -0.05) is 12.1 Å². The zero-order chi connectivity index (χ0) is 12.5. The number of aliphatic hydroxyl groups is 1. The Morgan fingerprint density at radius 3 is 2.82 bits per heavy atom. The summed E-state index contributed by atoms with van der Waals surface area (Å²) in [5.74, 6) is 0. The lowest BCUT2D eigenvalue weighted by Crippen LogP contribution is -2.19. The minimum absolute atomic E-state index is 0.286. The molecule has 3 nitrogen and oxygen atoms in total. The van der Waals surface area contributed by atoms with Crippen LogP contribution in [0.5, 0.6) is 0 Å². The van der Waals surface area contributed by atoms with Crippen molar-refractivity contribution in [2.75, 3.05) is 20.2 Å². The smallest absolute Gasteiger partial charge is 0.0991 e. The molecule has 0 saturated carbocycles. The van der Waals surface area contributed by atoms with Gasteiger partial charge in [0.2, 0.25) is 0 Å². The molecular formula is C14H20N2O. The Kier molecular flexibility index (Phi) is 6.31. The highest BCUT2D eigenvalue weighted by molar-refractivity contribution is 5.32. The Labute approximate surface area is 103 Å². The third kappa shape index (κ3) is 5.48. The summed E-state index contributed by atoms with van der Waals surface area (Å²) in [6.07, 6.45) is 3.06. The summed E-state index contributed by atoms with van der Waals surface area (Å²) in [4.78, 5) is 2.24. The quantitative estimate of drug-likeness (QED) is 0.733. The first-order chi connectivity index (χ1) is 8.26. The zero-order valence-electron chi connectivity index (χ0n) is 10.4. The largest absolute Gasteiger partial charge is 0.396 e. The molecule has 1 aromatic rings. The van der Waals surface area contributed by atoms with Crippen molar-refractivity contribution < 1.29 is 5.11 Å². The summed E-state index contributed by atoms with van der Waals surface area (Å²) >= 11 is 0. The molecule has 0 radical (unpaired) electrons. The molecule has 0 saturated heterocycles. The van der Waals surface area contributed by atoms with Gasteiger partial charge in [-0.05, 0) is 50.6 Å². The van der Waals surface area contributed by atoms with Crippen molar-refractivity contribution in [2.45, 2.75) is 25.8 Å². The Morgan fingerprint density at radius 2 is 2.12 bits per heavy atom. The van der Waals surface area contributed by atoms with E-state index >= 15 is 0 Å². The van der Waals surface area contributed by atoms with E-state index in [1.165, 1.54) is 5.56 Å². The summed E-state index contributed by atoms with van der Waals surface area (Å²) in [5, 5.41) is 17.5. The van der Waals surface area contributed by atoms with Gasteiger partial charge in [0.15, 0.2) is 0 Å². The van der Waals surface area contributed by atoms with Gasteiger partial charge in [-0.2, -0.15) is 5.26 Å². The van der Waals surface area contributed by atoms with Crippen LogP contribution in [-0.2, 0) is 6.54 Å². The van der Waals surface area contributed by atoms with Gasteiger partial charge in [0, 0.05) is 13.2 Å². The molecule has 0 aliphatic rings. The lowest BCUT2D eigenvalue weighted by Gasteiger charge is -2.16. The number of nitriles is 1. The number of hydrogen-bond acceptors (Lipinski definition) is 3. The second-order valence-corrected chi connectivity index (χ2v) is 4.33. The molecule has 0 spiro atoms. The van der Waals surface area contributed by atoms with Crippen LogP contribution in [0.4, 0.5) is 0 Å². The van der Waals surface area contributed by atoms with Gasteiger partial charge < -0.3 is 10.0 Å². The SMILES string of the molecule is CN(CCCCCO)Cc1cccc(C#N)c1. The molecule has 17 heavy (non-hydrogen) atoms. The van der Waals surface area contributed by atoms with Gasteiger partial charge in [-0.15, -0.1) is 0 Å². The molecule has 0 bridgehead atoms. The normalized spacial score (nSPS) is 10.5. The van der Waals surface area contributed by atoms with E-state index in [1.807, 2.05) is 24.3 Å². The van der Waals surface area contributed by atoms with Crippen molar-refractivity contribution in [3.8, 4) is 6.07 Å². The van der Waals surface area contributed by atoms with E-state index in [-0.39, 0.29) is 6.61 Å². The number of benzene rings is 1. The van der Waals surface area contributed by atoms with Crippen LogP contribution in [0.1, 0.15) is 30.4 Å². The number of aliphatic hydroxyl groups excluding tert-OH is 1. The van der Waals surface area contributed by atoms with Gasteiger partial charge in [-0.3, -0.25) is 0 Å². The highest BCUT2D eigenvalue weighted by Crippen LogP contribution is 2.07. The maximum Gasteiger partial charge on any atom is 0.0991 e. The minimum Gasteiger partial charge on any atom is -0.396 e. The van der Waals surface area contributed by atoms with Crippen LogP contribution in [0.2, 0.25) is 0 Å². The number of hydrogen-bond donors (Lipinski definition) is 1.